The molecule has 3 N–H and O–H groups in total. The number of anilines is 1. The summed E-state index contributed by atoms with van der Waals surface area (Å²) in [5.74, 6) is -0.147. The normalized spacial score (nSPS) is 28.9. The first-order valence-corrected chi connectivity index (χ1v) is 11.1. The molecule has 9 heteroatoms. The van der Waals surface area contributed by atoms with Crippen LogP contribution in [0.3, 0.4) is 0 Å². The van der Waals surface area contributed by atoms with Gasteiger partial charge in [-0.25, -0.2) is 0 Å². The number of aliphatic hydroxyl groups excluding tert-OH is 1. The number of aliphatic hydroxyl groups is 1. The molecule has 32 heavy (non-hydrogen) atoms. The van der Waals surface area contributed by atoms with Crippen molar-refractivity contribution in [3.05, 3.63) is 57.1 Å². The van der Waals surface area contributed by atoms with Gasteiger partial charge >= 0.3 is 0 Å². The van der Waals surface area contributed by atoms with Crippen LogP contribution >= 0.6 is 23.2 Å². The zero-order chi connectivity index (χ0) is 23.4. The molecule has 0 bridgehead atoms. The van der Waals surface area contributed by atoms with Crippen molar-refractivity contribution >= 4 is 40.7 Å². The molecule has 170 valence electrons. The van der Waals surface area contributed by atoms with Gasteiger partial charge in [0.1, 0.15) is 18.4 Å². The summed E-state index contributed by atoms with van der Waals surface area (Å²) in [6.07, 6.45) is -0.586. The Morgan fingerprint density at radius 2 is 2.03 bits per heavy atom. The van der Waals surface area contributed by atoms with Gasteiger partial charge in [-0.2, -0.15) is 0 Å². The van der Waals surface area contributed by atoms with Gasteiger partial charge in [0, 0.05) is 13.5 Å². The van der Waals surface area contributed by atoms with Gasteiger partial charge in [0.15, 0.2) is 6.04 Å². The zero-order valence-electron chi connectivity index (χ0n) is 18.3. The minimum absolute atomic E-state index is 0.119. The van der Waals surface area contributed by atoms with E-state index >= 15 is 0 Å². The van der Waals surface area contributed by atoms with E-state index in [4.69, 9.17) is 27.9 Å². The van der Waals surface area contributed by atoms with Gasteiger partial charge in [-0.3, -0.25) is 14.1 Å². The highest BCUT2D eigenvalue weighted by atomic mass is 35.5. The van der Waals surface area contributed by atoms with Gasteiger partial charge in [-0.15, -0.1) is 0 Å². The summed E-state index contributed by atoms with van der Waals surface area (Å²) in [4.78, 5) is 27.1. The van der Waals surface area contributed by atoms with Gasteiger partial charge in [0.25, 0.3) is 11.8 Å². The zero-order valence-corrected chi connectivity index (χ0v) is 19.8. The molecule has 0 aliphatic carbocycles. The van der Waals surface area contributed by atoms with E-state index < -0.39 is 17.7 Å². The average molecular weight is 479 g/mol. The van der Waals surface area contributed by atoms with E-state index in [0.717, 1.165) is 5.56 Å². The molecule has 2 heterocycles. The Bertz CT molecular complexity index is 1120. The summed E-state index contributed by atoms with van der Waals surface area (Å²) < 4.78 is 5.58. The van der Waals surface area contributed by atoms with Gasteiger partial charge in [0.2, 0.25) is 5.54 Å². The lowest BCUT2D eigenvalue weighted by Crippen LogP contribution is -2.68. The Hall–Kier alpha value is -2.32. The summed E-state index contributed by atoms with van der Waals surface area (Å²) in [6.45, 7) is 2.07. The van der Waals surface area contributed by atoms with Crippen molar-refractivity contribution in [3.8, 4) is 5.75 Å². The van der Waals surface area contributed by atoms with Crippen LogP contribution in [0.25, 0.3) is 0 Å². The second-order valence-corrected chi connectivity index (χ2v) is 9.41. The number of hydrogen-bond donors (Lipinski definition) is 3. The first kappa shape index (κ1) is 22.9. The number of nitrogens with zero attached hydrogens (tertiary/aromatic N) is 1. The van der Waals surface area contributed by atoms with Crippen LogP contribution in [0, 0.1) is 6.92 Å². The average Bonchev–Trinajstić information content (AvgIpc) is 3.24. The fraction of sp³-hybridized carbons (Fsp3) is 0.391. The quantitative estimate of drug-likeness (QED) is 0.589. The number of quaternary nitrogens is 1. The fourth-order valence-electron chi connectivity index (χ4n) is 5.49. The minimum atomic E-state index is -1.48. The maximum Gasteiger partial charge on any atom is 0.296 e. The number of ether oxygens (including phenoxy) is 1. The molecule has 2 aromatic carbocycles. The Morgan fingerprint density at radius 1 is 1.31 bits per heavy atom. The molecule has 2 unspecified atom stereocenters. The molecule has 2 aromatic rings. The molecule has 7 nitrogen and oxygen atoms in total. The number of fused-ring (bicyclic) bond motifs is 1. The fourth-order valence-corrected chi connectivity index (χ4v) is 5.95. The molecule has 4 atom stereocenters. The lowest BCUT2D eigenvalue weighted by atomic mass is 9.78. The summed E-state index contributed by atoms with van der Waals surface area (Å²) in [5.41, 5.74) is 0.979. The van der Waals surface area contributed by atoms with Crippen molar-refractivity contribution in [3.63, 3.8) is 0 Å². The number of nitrogens with one attached hydrogen (secondary N) is 2. The SMILES string of the molecule is CNC(=O)[C@@H]1C[C@@H](O)C[N+]1(C)C1(c2cc(C)ccc2OC)C(=O)Nc2ccc(Cl)c(Cl)c21. The largest absolute Gasteiger partial charge is 0.496 e. The molecule has 4 rings (SSSR count). The molecule has 1 saturated heterocycles. The van der Waals surface area contributed by atoms with E-state index in [0.29, 0.717) is 27.6 Å². The number of likely N-dealkylation sites (N-methyl/N-ethyl adjacent to an activating group) is 2. The highest BCUT2D eigenvalue weighted by Crippen LogP contribution is 2.57. The van der Waals surface area contributed by atoms with Crippen molar-refractivity contribution in [1.29, 1.82) is 0 Å². The second-order valence-electron chi connectivity index (χ2n) is 8.62. The topological polar surface area (TPSA) is 87.7 Å². The number of carbonyl (C=O) groups excluding carboxylic acids is 2. The third kappa shape index (κ3) is 2.95. The van der Waals surface area contributed by atoms with E-state index in [1.54, 1.807) is 25.2 Å². The number of hydrogen-bond acceptors (Lipinski definition) is 4. The van der Waals surface area contributed by atoms with Crippen molar-refractivity contribution in [2.24, 2.45) is 0 Å². The predicted octanol–water partition coefficient (Wildman–Crippen LogP) is 2.83. The van der Waals surface area contributed by atoms with Crippen molar-refractivity contribution in [1.82, 2.24) is 5.32 Å². The van der Waals surface area contributed by atoms with Crippen LogP contribution in [0.2, 0.25) is 10.0 Å². The molecule has 2 amide bonds. The Labute approximate surface area is 196 Å². The minimum Gasteiger partial charge on any atom is -0.496 e. The van der Waals surface area contributed by atoms with Gasteiger partial charge in [0.05, 0.1) is 41.0 Å². The predicted molar refractivity (Wildman–Crippen MR) is 123 cm³/mol. The van der Waals surface area contributed by atoms with Crippen LogP contribution in [-0.2, 0) is 15.1 Å². The van der Waals surface area contributed by atoms with Crippen LogP contribution in [-0.4, -0.2) is 61.3 Å². The highest BCUT2D eigenvalue weighted by Gasteiger charge is 2.69. The molecule has 1 fully saturated rings. The molecular weight excluding hydrogens is 453 g/mol. The molecule has 2 aliphatic heterocycles. The van der Waals surface area contributed by atoms with E-state index in [1.165, 1.54) is 7.11 Å². The lowest BCUT2D eigenvalue weighted by molar-refractivity contribution is -0.953. The number of amides is 2. The van der Waals surface area contributed by atoms with Gasteiger partial charge < -0.3 is 20.5 Å². The maximum absolute atomic E-state index is 14.1. The van der Waals surface area contributed by atoms with Crippen LogP contribution in [0.1, 0.15) is 23.1 Å². The number of aryl methyl sites for hydroxylation is 1. The van der Waals surface area contributed by atoms with Crippen molar-refractivity contribution < 1.29 is 23.9 Å². The molecular formula is C23H26Cl2N3O4+. The van der Waals surface area contributed by atoms with Crippen LogP contribution in [0.4, 0.5) is 5.69 Å². The number of methoxy groups -OCH3 is 1. The Balaban J connectivity index is 2.18. The molecule has 0 spiro atoms. The Morgan fingerprint density at radius 3 is 2.69 bits per heavy atom. The van der Waals surface area contributed by atoms with Crippen molar-refractivity contribution in [2.75, 3.05) is 33.1 Å². The van der Waals surface area contributed by atoms with Crippen LogP contribution in [0.15, 0.2) is 30.3 Å². The first-order valence-electron chi connectivity index (χ1n) is 10.3. The summed E-state index contributed by atoms with van der Waals surface area (Å²) in [6, 6.07) is 8.18. The van der Waals surface area contributed by atoms with E-state index in [-0.39, 0.29) is 34.3 Å². The molecule has 2 aliphatic rings. The van der Waals surface area contributed by atoms with E-state index in [1.807, 2.05) is 26.1 Å². The summed E-state index contributed by atoms with van der Waals surface area (Å²) >= 11 is 13.2. The maximum atomic E-state index is 14.1. The summed E-state index contributed by atoms with van der Waals surface area (Å²) in [5, 5.41) is 16.9. The number of carbonyl (C=O) groups is 2. The number of benzene rings is 2. The van der Waals surface area contributed by atoms with Gasteiger partial charge in [-0.05, 0) is 31.2 Å². The smallest absolute Gasteiger partial charge is 0.296 e. The van der Waals surface area contributed by atoms with Crippen molar-refractivity contribution in [2.45, 2.75) is 31.0 Å². The standard InChI is InChI=1S/C23H25Cl2N3O4/c1-12-5-8-18(32-4)14(9-12)23(28(3)11-13(29)10-17(28)21(30)26-2)19-16(27-22(23)31)7-6-15(24)20(19)25/h5-9,13,17,29H,10-11H2,1-4H3,(H-,26,27,30,31)/p+1/t13-,17+,23?,28?/m1/s1. The number of rotatable bonds is 4. The molecule has 0 saturated carbocycles. The van der Waals surface area contributed by atoms with E-state index in [2.05, 4.69) is 10.6 Å². The monoisotopic (exact) mass is 478 g/mol. The third-order valence-electron chi connectivity index (χ3n) is 6.87. The number of likely N-dealkylation sites (tertiary alicyclic amines) is 1. The summed E-state index contributed by atoms with van der Waals surface area (Å²) in [7, 11) is 4.89. The Kier molecular flexibility index (Phi) is 5.66. The molecule has 0 aromatic heterocycles. The number of halogens is 2. The second kappa shape index (κ2) is 7.92. The van der Waals surface area contributed by atoms with E-state index in [9.17, 15) is 14.7 Å². The first-order chi connectivity index (χ1) is 15.1. The lowest BCUT2D eigenvalue weighted by Gasteiger charge is -2.48. The highest BCUT2D eigenvalue weighted by molar-refractivity contribution is 6.43. The van der Waals surface area contributed by atoms with Crippen LogP contribution < -0.4 is 15.4 Å². The van der Waals surface area contributed by atoms with Crippen LogP contribution in [0.5, 0.6) is 5.75 Å². The molecule has 0 radical (unpaired) electrons. The van der Waals surface area contributed by atoms with Gasteiger partial charge in [-0.1, -0.05) is 34.8 Å². The third-order valence-corrected chi connectivity index (χ3v) is 7.67.